The number of carboxylic acid groups (broad SMARTS) is 4. The van der Waals surface area contributed by atoms with E-state index in [2.05, 4.69) is 79.2 Å². The number of guanidine groups is 2. The molecule has 1 heterocycles. The van der Waals surface area contributed by atoms with E-state index in [0.717, 1.165) is 6.20 Å². The Kier molecular flexibility index (Phi) is 39.6. The molecule has 0 spiro atoms. The SMILES string of the molecule is N=Nc1ccc(C(=O)N[C@@H](CCC(=O)N[C@@H](CCCNC(=N)N)C(=O)NCC(=O)N[C@@H](CC(=O)O)C(=O)N[C@H](Cc2ccccc2)C(=O)N[C@@H](CCCCN)C(=O)O)C(=O)N[C@@H](CCCNC(=N)N)C(=O)NCC(=O)N[C@@H](CC(=O)O)C(=O)N[C@H](Cc2ccccc2)C(=O)N[C@@H](CCCCN)C(=O)O)cn1. The zero-order valence-electron chi connectivity index (χ0n) is 57.9. The average molecular weight is 1490 g/mol. The number of carbonyl (C=O) groups excluding carboxylic acids is 11. The van der Waals surface area contributed by atoms with Gasteiger partial charge in [-0.05, 0) is 107 Å². The number of hydrogen-bond donors (Lipinski definition) is 24. The van der Waals surface area contributed by atoms with Gasteiger partial charge in [0.2, 0.25) is 59.1 Å². The number of nitrogens with two attached hydrogens (primary N) is 4. The summed E-state index contributed by atoms with van der Waals surface area (Å²) in [5.74, 6) is -18.9. The molecule has 9 atom stereocenters. The number of carboxylic acids is 4. The molecule has 1 aromatic heterocycles. The van der Waals surface area contributed by atoms with E-state index < -0.39 is 194 Å². The van der Waals surface area contributed by atoms with Crippen LogP contribution in [-0.2, 0) is 80.0 Å². The molecule has 0 aliphatic rings. The third kappa shape index (κ3) is 35.1. The van der Waals surface area contributed by atoms with Crippen LogP contribution in [0.1, 0.15) is 111 Å². The third-order valence-corrected chi connectivity index (χ3v) is 15.5. The second-order valence-electron chi connectivity index (χ2n) is 24.0. The Hall–Kier alpha value is -12.3. The Balaban J connectivity index is 1.89. The molecule has 0 radical (unpaired) electrons. The van der Waals surface area contributed by atoms with E-state index in [-0.39, 0.29) is 88.9 Å². The molecule has 0 unspecified atom stereocenters. The molecule has 0 aliphatic carbocycles. The lowest BCUT2D eigenvalue weighted by Gasteiger charge is -2.25. The molecule has 578 valence electrons. The number of benzene rings is 2. The monoisotopic (exact) mass is 1490 g/mol. The van der Waals surface area contributed by atoms with Gasteiger partial charge in [0.25, 0.3) is 5.91 Å². The number of unbranched alkanes of at least 4 members (excludes halogenated alkanes) is 2. The first kappa shape index (κ1) is 87.9. The molecular formula is C65H94N22O19. The first-order chi connectivity index (χ1) is 50.4. The predicted molar refractivity (Wildman–Crippen MR) is 375 cm³/mol. The Labute approximate surface area is 607 Å². The molecule has 41 heteroatoms. The second-order valence-corrected chi connectivity index (χ2v) is 24.0. The second kappa shape index (κ2) is 47.8. The summed E-state index contributed by atoms with van der Waals surface area (Å²) in [4.78, 5) is 204. The maximum Gasteiger partial charge on any atom is 0.326 e. The summed E-state index contributed by atoms with van der Waals surface area (Å²) in [5, 5.41) is 88.4. The highest BCUT2D eigenvalue weighted by Gasteiger charge is 2.35. The lowest BCUT2D eigenvalue weighted by molar-refractivity contribution is -0.143. The lowest BCUT2D eigenvalue weighted by Crippen LogP contribution is -2.58. The van der Waals surface area contributed by atoms with Gasteiger partial charge in [-0.15, -0.1) is 5.11 Å². The van der Waals surface area contributed by atoms with Crippen molar-refractivity contribution in [2.45, 2.75) is 157 Å². The van der Waals surface area contributed by atoms with Gasteiger partial charge in [0, 0.05) is 38.5 Å². The van der Waals surface area contributed by atoms with Gasteiger partial charge < -0.3 is 112 Å². The molecule has 0 bridgehead atoms. The van der Waals surface area contributed by atoms with Gasteiger partial charge in [-0.25, -0.2) is 20.1 Å². The van der Waals surface area contributed by atoms with Crippen LogP contribution in [0.2, 0.25) is 0 Å². The van der Waals surface area contributed by atoms with Gasteiger partial charge in [0.1, 0.15) is 54.4 Å². The van der Waals surface area contributed by atoms with Crippen molar-refractivity contribution >= 4 is 107 Å². The predicted octanol–water partition coefficient (Wildman–Crippen LogP) is -4.88. The Morgan fingerprint density at radius 2 is 0.774 bits per heavy atom. The summed E-state index contributed by atoms with van der Waals surface area (Å²) in [6.07, 6.45) is -1.92. The van der Waals surface area contributed by atoms with Crippen LogP contribution >= 0.6 is 0 Å². The molecule has 0 saturated carbocycles. The number of hydrogen-bond acceptors (Lipinski definition) is 22. The molecule has 41 nitrogen and oxygen atoms in total. The maximum absolute atomic E-state index is 14.4. The molecular weight excluding hydrogens is 1390 g/mol. The summed E-state index contributed by atoms with van der Waals surface area (Å²) in [6, 6.07) is 4.08. The van der Waals surface area contributed by atoms with Crippen LogP contribution in [0.15, 0.2) is 84.1 Å². The minimum absolute atomic E-state index is 0.0146. The van der Waals surface area contributed by atoms with E-state index in [9.17, 15) is 92.3 Å². The summed E-state index contributed by atoms with van der Waals surface area (Å²) >= 11 is 0. The zero-order valence-corrected chi connectivity index (χ0v) is 57.9. The highest BCUT2D eigenvalue weighted by molar-refractivity contribution is 6.00. The quantitative estimate of drug-likeness (QED) is 0.0109. The Morgan fingerprint density at radius 1 is 0.406 bits per heavy atom. The topological polar surface area (TPSA) is 694 Å². The number of pyridine rings is 1. The van der Waals surface area contributed by atoms with E-state index in [0.29, 0.717) is 36.8 Å². The van der Waals surface area contributed by atoms with Gasteiger partial charge >= 0.3 is 23.9 Å². The fourth-order valence-corrected chi connectivity index (χ4v) is 10.1. The molecule has 28 N–H and O–H groups in total. The van der Waals surface area contributed by atoms with Crippen LogP contribution in [0.5, 0.6) is 0 Å². The first-order valence-corrected chi connectivity index (χ1v) is 33.6. The number of amides is 11. The van der Waals surface area contributed by atoms with Gasteiger partial charge in [-0.1, -0.05) is 60.7 Å². The highest BCUT2D eigenvalue weighted by Crippen LogP contribution is 2.13. The van der Waals surface area contributed by atoms with Crippen LogP contribution < -0.4 is 92.1 Å². The number of rotatable bonds is 51. The van der Waals surface area contributed by atoms with Crippen LogP contribution in [0.4, 0.5) is 5.82 Å². The number of aliphatic carboxylic acids is 4. The molecule has 0 aliphatic heterocycles. The molecule has 0 fully saturated rings. The molecule has 11 amide bonds. The van der Waals surface area contributed by atoms with Crippen molar-refractivity contribution in [3.8, 4) is 0 Å². The lowest BCUT2D eigenvalue weighted by atomic mass is 10.0. The van der Waals surface area contributed by atoms with Crippen molar-refractivity contribution in [2.75, 3.05) is 39.3 Å². The first-order valence-electron chi connectivity index (χ1n) is 33.6. The number of nitrogens with zero attached hydrogens (tertiary/aromatic N) is 2. The maximum atomic E-state index is 14.4. The Bertz CT molecular complexity index is 3520. The van der Waals surface area contributed by atoms with E-state index in [1.165, 1.54) is 12.1 Å². The largest absolute Gasteiger partial charge is 0.481 e. The normalized spacial score (nSPS) is 13.3. The van der Waals surface area contributed by atoms with Crippen molar-refractivity contribution in [1.29, 1.82) is 16.3 Å². The smallest absolute Gasteiger partial charge is 0.326 e. The van der Waals surface area contributed by atoms with Crippen molar-refractivity contribution in [1.82, 2.24) is 74.1 Å². The van der Waals surface area contributed by atoms with Crippen molar-refractivity contribution in [3.63, 3.8) is 0 Å². The summed E-state index contributed by atoms with van der Waals surface area (Å²) in [5.41, 5.74) is 30.0. The van der Waals surface area contributed by atoms with Gasteiger partial charge in [0.05, 0.1) is 31.5 Å². The summed E-state index contributed by atoms with van der Waals surface area (Å²) in [6.45, 7) is -1.55. The van der Waals surface area contributed by atoms with Gasteiger partial charge in [-0.3, -0.25) is 73.1 Å². The third-order valence-electron chi connectivity index (χ3n) is 15.5. The minimum Gasteiger partial charge on any atom is -0.481 e. The minimum atomic E-state index is -1.92. The van der Waals surface area contributed by atoms with E-state index >= 15 is 0 Å². The average Bonchev–Trinajstić information content (AvgIpc) is 0.868. The number of nitrogens with one attached hydrogen (secondary N) is 16. The van der Waals surface area contributed by atoms with Crippen molar-refractivity contribution in [2.24, 2.45) is 28.0 Å². The molecule has 3 aromatic rings. The number of carbonyl (C=O) groups is 15. The van der Waals surface area contributed by atoms with E-state index in [1.54, 1.807) is 60.7 Å². The van der Waals surface area contributed by atoms with Gasteiger partial charge in [0.15, 0.2) is 17.7 Å². The molecule has 0 saturated heterocycles. The van der Waals surface area contributed by atoms with Crippen LogP contribution in [0.3, 0.4) is 0 Å². The number of aromatic nitrogens is 1. The van der Waals surface area contributed by atoms with Crippen LogP contribution in [0.25, 0.3) is 0 Å². The fraction of sp³-hybridized carbons (Fsp3) is 0.477. The summed E-state index contributed by atoms with van der Waals surface area (Å²) in [7, 11) is 0. The standard InChI is InChI=1S/C65H94N22O19/c66-25-9-7-17-42(62(103)104)83-58(99)44(29-36-13-3-1-4-14-36)85-60(101)46(31-52(91)92)79-50(89)34-76-55(96)39(19-11-27-73-64(68)69)78-49(88)24-22-41(81-54(95)38-21-23-48(87-72)75-33-38)57(98)82-40(20-12-28-74-65(70)71)56(97)77-35-51(90)80-47(32-53(93)94)61(102)86-45(30-37-15-5-2-6-16-37)59(100)84-43(63(105)106)18-8-10-26-67/h1-6,13-16,21,23,33,39-47,72H,7-12,17-20,22,24-32,34-35,66-67H2,(H,76,96)(H,77,97)(H,78,88)(H,79,89)(H,80,90)(H,81,95)(H,82,98)(H,83,99)(H,84,100)(H,85,101)(H,86,102)(H,91,92)(H,93,94)(H,103,104)(H,105,106)(H4,68,69,73)(H4,70,71,74)/t39-,40-,41-,42-,43-,44+,45+,46-,47-/m0/s1. The van der Waals surface area contributed by atoms with Gasteiger partial charge in [-0.2, -0.15) is 0 Å². The van der Waals surface area contributed by atoms with Crippen molar-refractivity contribution < 1.29 is 92.3 Å². The molecule has 2 aromatic carbocycles. The molecule has 106 heavy (non-hydrogen) atoms. The zero-order chi connectivity index (χ0) is 78.7. The van der Waals surface area contributed by atoms with E-state index in [1.807, 2.05) is 0 Å². The van der Waals surface area contributed by atoms with Crippen LogP contribution in [0, 0.1) is 16.3 Å². The fourth-order valence-electron chi connectivity index (χ4n) is 10.1. The summed E-state index contributed by atoms with van der Waals surface area (Å²) < 4.78 is 0. The Morgan fingerprint density at radius 3 is 1.15 bits per heavy atom. The van der Waals surface area contributed by atoms with Crippen molar-refractivity contribution in [3.05, 3.63) is 95.7 Å². The molecule has 3 rings (SSSR count). The van der Waals surface area contributed by atoms with E-state index in [4.69, 9.17) is 39.3 Å². The van der Waals surface area contributed by atoms with Crippen LogP contribution in [-0.4, -0.2) is 220 Å². The highest BCUT2D eigenvalue weighted by atomic mass is 16.4.